The van der Waals surface area contributed by atoms with Crippen LogP contribution in [0.4, 0.5) is 11.4 Å². The van der Waals surface area contributed by atoms with Crippen LogP contribution in [0.3, 0.4) is 0 Å². The first-order chi connectivity index (χ1) is 9.38. The molecule has 0 spiro atoms. The van der Waals surface area contributed by atoms with Crippen LogP contribution in [0.1, 0.15) is 15.9 Å². The van der Waals surface area contributed by atoms with Gasteiger partial charge in [-0.2, -0.15) is 0 Å². The van der Waals surface area contributed by atoms with E-state index in [2.05, 4.69) is 43.8 Å². The Bertz CT molecular complexity index is 691. The molecule has 0 aromatic heterocycles. The van der Waals surface area contributed by atoms with Crippen LogP contribution in [0.25, 0.3) is 0 Å². The molecule has 2 aromatic rings. The number of amides is 1. The van der Waals surface area contributed by atoms with E-state index >= 15 is 0 Å². The summed E-state index contributed by atoms with van der Waals surface area (Å²) in [5, 5.41) is 3.30. The van der Waals surface area contributed by atoms with E-state index in [0.29, 0.717) is 22.0 Å². The van der Waals surface area contributed by atoms with Crippen molar-refractivity contribution in [1.82, 2.24) is 0 Å². The quantitative estimate of drug-likeness (QED) is 0.492. The molecule has 0 aliphatic rings. The van der Waals surface area contributed by atoms with Crippen LogP contribution in [0.2, 0.25) is 5.02 Å². The average Bonchev–Trinajstić information content (AvgIpc) is 2.37. The van der Waals surface area contributed by atoms with Crippen molar-refractivity contribution in [3.63, 3.8) is 0 Å². The minimum Gasteiger partial charge on any atom is -0.398 e. The maximum atomic E-state index is 12.3. The van der Waals surface area contributed by atoms with Crippen LogP contribution in [0.5, 0.6) is 0 Å². The summed E-state index contributed by atoms with van der Waals surface area (Å²) < 4.78 is 1.77. The van der Waals surface area contributed by atoms with Crippen LogP contribution >= 0.6 is 50.1 Å². The SMILES string of the molecule is Cc1c(N)cc(Br)cc1C(=O)Nc1ccc(I)cc1Cl. The molecule has 0 aliphatic carbocycles. The molecule has 0 saturated carbocycles. The number of benzene rings is 2. The third-order valence-corrected chi connectivity index (χ3v) is 4.28. The molecule has 3 nitrogen and oxygen atoms in total. The number of anilines is 2. The highest BCUT2D eigenvalue weighted by atomic mass is 127. The van der Waals surface area contributed by atoms with Crippen LogP contribution in [0.15, 0.2) is 34.8 Å². The van der Waals surface area contributed by atoms with E-state index in [9.17, 15) is 4.79 Å². The molecule has 0 aliphatic heterocycles. The highest BCUT2D eigenvalue weighted by Crippen LogP contribution is 2.27. The lowest BCUT2D eigenvalue weighted by Crippen LogP contribution is -2.14. The zero-order valence-electron chi connectivity index (χ0n) is 10.5. The molecule has 2 aromatic carbocycles. The predicted octanol–water partition coefficient (Wildman–Crippen LogP) is 4.85. The molecule has 20 heavy (non-hydrogen) atoms. The largest absolute Gasteiger partial charge is 0.398 e. The molecule has 0 heterocycles. The summed E-state index contributed by atoms with van der Waals surface area (Å²) in [4.78, 5) is 12.3. The van der Waals surface area contributed by atoms with Crippen LogP contribution in [-0.4, -0.2) is 5.91 Å². The van der Waals surface area contributed by atoms with Gasteiger partial charge in [0.15, 0.2) is 0 Å². The predicted molar refractivity (Wildman–Crippen MR) is 95.4 cm³/mol. The van der Waals surface area contributed by atoms with Gasteiger partial charge < -0.3 is 11.1 Å². The van der Waals surface area contributed by atoms with E-state index < -0.39 is 0 Å². The minimum absolute atomic E-state index is 0.237. The third kappa shape index (κ3) is 3.45. The second kappa shape index (κ2) is 6.32. The van der Waals surface area contributed by atoms with Gasteiger partial charge in [-0.25, -0.2) is 0 Å². The van der Waals surface area contributed by atoms with Gasteiger partial charge in [0.05, 0.1) is 10.7 Å². The Labute approximate surface area is 144 Å². The molecule has 0 bridgehead atoms. The summed E-state index contributed by atoms with van der Waals surface area (Å²) in [7, 11) is 0. The number of hydrogen-bond donors (Lipinski definition) is 2. The molecule has 1 amide bonds. The molecule has 3 N–H and O–H groups in total. The number of carbonyl (C=O) groups is 1. The molecular formula is C14H11BrClIN2O. The lowest BCUT2D eigenvalue weighted by molar-refractivity contribution is 0.102. The van der Waals surface area contributed by atoms with Crippen LogP contribution in [0, 0.1) is 10.5 Å². The van der Waals surface area contributed by atoms with Crippen LogP contribution in [-0.2, 0) is 0 Å². The Morgan fingerprint density at radius 1 is 1.35 bits per heavy atom. The fraction of sp³-hybridized carbons (Fsp3) is 0.0714. The molecule has 0 saturated heterocycles. The first-order valence-electron chi connectivity index (χ1n) is 5.70. The molecular weight excluding hydrogens is 454 g/mol. The van der Waals surface area contributed by atoms with E-state index in [4.69, 9.17) is 17.3 Å². The number of carbonyl (C=O) groups excluding carboxylic acids is 1. The minimum atomic E-state index is -0.237. The monoisotopic (exact) mass is 464 g/mol. The van der Waals surface area contributed by atoms with Crippen molar-refractivity contribution in [2.45, 2.75) is 6.92 Å². The number of nitrogens with one attached hydrogen (secondary N) is 1. The van der Waals surface area contributed by atoms with E-state index in [0.717, 1.165) is 13.6 Å². The van der Waals surface area contributed by atoms with Gasteiger partial charge in [0.1, 0.15) is 0 Å². The van der Waals surface area contributed by atoms with Crippen molar-refractivity contribution in [3.8, 4) is 0 Å². The summed E-state index contributed by atoms with van der Waals surface area (Å²) in [5.41, 5.74) is 8.27. The smallest absolute Gasteiger partial charge is 0.256 e. The van der Waals surface area contributed by atoms with Gasteiger partial charge in [0.25, 0.3) is 5.91 Å². The fourth-order valence-electron chi connectivity index (χ4n) is 1.72. The topological polar surface area (TPSA) is 55.1 Å². The third-order valence-electron chi connectivity index (χ3n) is 2.84. The average molecular weight is 466 g/mol. The summed E-state index contributed by atoms with van der Waals surface area (Å²) >= 11 is 11.6. The van der Waals surface area contributed by atoms with Gasteiger partial charge >= 0.3 is 0 Å². The first kappa shape index (κ1) is 15.6. The maximum Gasteiger partial charge on any atom is 0.256 e. The van der Waals surface area contributed by atoms with Gasteiger partial charge in [-0.05, 0) is 65.4 Å². The molecule has 104 valence electrons. The van der Waals surface area contributed by atoms with Gasteiger partial charge in [0, 0.05) is 19.3 Å². The van der Waals surface area contributed by atoms with E-state index in [-0.39, 0.29) is 5.91 Å². The number of nitrogen functional groups attached to an aromatic ring is 1. The second-order valence-electron chi connectivity index (χ2n) is 4.25. The van der Waals surface area contributed by atoms with E-state index in [1.807, 2.05) is 13.0 Å². The zero-order chi connectivity index (χ0) is 14.9. The van der Waals surface area contributed by atoms with Gasteiger partial charge in [-0.1, -0.05) is 27.5 Å². The Hall–Kier alpha value is -0.790. The van der Waals surface area contributed by atoms with Crippen molar-refractivity contribution in [2.75, 3.05) is 11.1 Å². The lowest BCUT2D eigenvalue weighted by atomic mass is 10.1. The fourth-order valence-corrected chi connectivity index (χ4v) is 3.10. The second-order valence-corrected chi connectivity index (χ2v) is 6.81. The Morgan fingerprint density at radius 3 is 2.70 bits per heavy atom. The summed E-state index contributed by atoms with van der Waals surface area (Å²) in [6.45, 7) is 1.81. The highest BCUT2D eigenvalue weighted by molar-refractivity contribution is 14.1. The molecule has 0 fully saturated rings. The van der Waals surface area contributed by atoms with Gasteiger partial charge in [0.2, 0.25) is 0 Å². The Kier molecular flexibility index (Phi) is 4.93. The summed E-state index contributed by atoms with van der Waals surface area (Å²) in [6.07, 6.45) is 0. The van der Waals surface area contributed by atoms with Crippen molar-refractivity contribution in [2.24, 2.45) is 0 Å². The van der Waals surface area contributed by atoms with Crippen molar-refractivity contribution in [3.05, 3.63) is 54.5 Å². The highest BCUT2D eigenvalue weighted by Gasteiger charge is 2.13. The Balaban J connectivity index is 2.33. The van der Waals surface area contributed by atoms with Crippen molar-refractivity contribution in [1.29, 1.82) is 0 Å². The van der Waals surface area contributed by atoms with Crippen molar-refractivity contribution >= 4 is 67.4 Å². The first-order valence-corrected chi connectivity index (χ1v) is 7.95. The molecule has 0 radical (unpaired) electrons. The molecule has 2 rings (SSSR count). The normalized spacial score (nSPS) is 10.4. The number of rotatable bonds is 2. The number of halogens is 3. The summed E-state index contributed by atoms with van der Waals surface area (Å²) in [6, 6.07) is 8.95. The maximum absolute atomic E-state index is 12.3. The molecule has 0 unspecified atom stereocenters. The van der Waals surface area contributed by atoms with Crippen LogP contribution < -0.4 is 11.1 Å². The summed E-state index contributed by atoms with van der Waals surface area (Å²) in [5.74, 6) is -0.237. The standard InChI is InChI=1S/C14H11BrClIN2O/c1-7-10(4-8(15)5-12(7)18)14(20)19-13-3-2-9(17)6-11(13)16/h2-6H,18H2,1H3,(H,19,20). The van der Waals surface area contributed by atoms with Gasteiger partial charge in [-0.3, -0.25) is 4.79 Å². The zero-order valence-corrected chi connectivity index (χ0v) is 15.0. The van der Waals surface area contributed by atoms with Gasteiger partial charge in [-0.15, -0.1) is 0 Å². The molecule has 6 heteroatoms. The lowest BCUT2D eigenvalue weighted by Gasteiger charge is -2.11. The number of hydrogen-bond acceptors (Lipinski definition) is 2. The van der Waals surface area contributed by atoms with E-state index in [1.54, 1.807) is 24.3 Å². The molecule has 0 atom stereocenters. The number of nitrogens with two attached hydrogens (primary N) is 1. The van der Waals surface area contributed by atoms with E-state index in [1.165, 1.54) is 0 Å². The van der Waals surface area contributed by atoms with Crippen molar-refractivity contribution < 1.29 is 4.79 Å². The Morgan fingerprint density at radius 2 is 2.05 bits per heavy atom.